The zero-order valence-corrected chi connectivity index (χ0v) is 15.6. The van der Waals surface area contributed by atoms with E-state index in [4.69, 9.17) is 0 Å². The Morgan fingerprint density at radius 2 is 1.92 bits per heavy atom. The lowest BCUT2D eigenvalue weighted by Gasteiger charge is -2.32. The number of aromatic nitrogens is 1. The molecule has 0 bridgehead atoms. The minimum Gasteiger partial charge on any atom is -0.292 e. The van der Waals surface area contributed by atoms with Crippen molar-refractivity contribution in [2.45, 2.75) is 38.1 Å². The van der Waals surface area contributed by atoms with Crippen LogP contribution < -0.4 is 10.6 Å². The Labute approximate surface area is 149 Å². The Bertz CT molecular complexity index is 702. The summed E-state index contributed by atoms with van der Waals surface area (Å²) in [5, 5.41) is 4.44. The maximum atomic E-state index is 12.3. The predicted molar refractivity (Wildman–Crippen MR) is 93.0 cm³/mol. The lowest BCUT2D eigenvalue weighted by Crippen LogP contribution is -2.51. The van der Waals surface area contributed by atoms with Crippen LogP contribution >= 0.6 is 15.9 Å². The molecule has 0 atom stereocenters. The number of sulfonamides is 1. The van der Waals surface area contributed by atoms with Crippen molar-refractivity contribution in [2.24, 2.45) is 0 Å². The van der Waals surface area contributed by atoms with Crippen molar-refractivity contribution in [1.82, 2.24) is 14.6 Å². The lowest BCUT2D eigenvalue weighted by atomic mass is 9.96. The molecule has 1 fully saturated rings. The first-order chi connectivity index (χ1) is 11.3. The summed E-state index contributed by atoms with van der Waals surface area (Å²) in [4.78, 5) is 28.1. The Morgan fingerprint density at radius 3 is 2.46 bits per heavy atom. The summed E-state index contributed by atoms with van der Waals surface area (Å²) in [5.41, 5.74) is 0. The molecule has 8 nitrogen and oxygen atoms in total. The van der Waals surface area contributed by atoms with E-state index >= 15 is 0 Å². The van der Waals surface area contributed by atoms with Crippen molar-refractivity contribution in [3.8, 4) is 0 Å². The summed E-state index contributed by atoms with van der Waals surface area (Å²) in [6.45, 7) is 0. The number of urea groups is 2. The van der Waals surface area contributed by atoms with Crippen molar-refractivity contribution < 1.29 is 18.0 Å². The van der Waals surface area contributed by atoms with E-state index in [1.54, 1.807) is 12.1 Å². The van der Waals surface area contributed by atoms with E-state index in [1.165, 1.54) is 6.20 Å². The van der Waals surface area contributed by atoms with Gasteiger partial charge >= 0.3 is 12.1 Å². The van der Waals surface area contributed by atoms with E-state index in [-0.39, 0.29) is 5.82 Å². The molecule has 1 aromatic heterocycles. The van der Waals surface area contributed by atoms with Crippen LogP contribution in [0.15, 0.2) is 22.8 Å². The molecule has 0 saturated heterocycles. The third-order valence-corrected chi connectivity index (χ3v) is 5.30. The Morgan fingerprint density at radius 1 is 1.25 bits per heavy atom. The molecule has 1 aliphatic carbocycles. The maximum Gasteiger partial charge on any atom is 0.339 e. The molecule has 0 radical (unpaired) electrons. The molecule has 132 valence electrons. The summed E-state index contributed by atoms with van der Waals surface area (Å²) >= 11 is 3.22. The number of halogens is 1. The monoisotopic (exact) mass is 418 g/mol. The SMILES string of the molecule is CS(=O)(=O)N(C(=O)NC(=O)Nc1ccc(Br)cn1)C1CCCCC1. The third-order valence-electron chi connectivity index (χ3n) is 3.65. The smallest absolute Gasteiger partial charge is 0.292 e. The highest BCUT2D eigenvalue weighted by Gasteiger charge is 2.33. The molecule has 0 unspecified atom stereocenters. The van der Waals surface area contributed by atoms with Crippen LogP contribution in [0.2, 0.25) is 0 Å². The van der Waals surface area contributed by atoms with Crippen molar-refractivity contribution in [3.05, 3.63) is 22.8 Å². The Hall–Kier alpha value is -1.68. The molecule has 24 heavy (non-hydrogen) atoms. The highest BCUT2D eigenvalue weighted by Crippen LogP contribution is 2.24. The minimum absolute atomic E-state index is 0.243. The Kier molecular flexibility index (Phi) is 6.16. The standard InChI is InChI=1S/C14H19BrN4O4S/c1-24(22,23)19(11-5-3-2-4-6-11)14(21)18-13(20)17-12-8-7-10(15)9-16-12/h7-9,11H,2-6H2,1H3,(H2,16,17,18,20,21). The second-order valence-electron chi connectivity index (χ2n) is 5.60. The van der Waals surface area contributed by atoms with Crippen molar-refractivity contribution in [3.63, 3.8) is 0 Å². The number of carbonyl (C=O) groups is 2. The highest BCUT2D eigenvalue weighted by molar-refractivity contribution is 9.10. The van der Waals surface area contributed by atoms with Crippen LogP contribution in [-0.4, -0.2) is 42.1 Å². The van der Waals surface area contributed by atoms with Gasteiger partial charge in [-0.05, 0) is 40.9 Å². The normalized spacial score (nSPS) is 15.6. The molecule has 2 rings (SSSR count). The zero-order chi connectivity index (χ0) is 17.7. The second kappa shape index (κ2) is 7.93. The number of hydrogen-bond acceptors (Lipinski definition) is 5. The number of hydrogen-bond donors (Lipinski definition) is 2. The second-order valence-corrected chi connectivity index (χ2v) is 8.37. The van der Waals surface area contributed by atoms with Crippen LogP contribution in [0.25, 0.3) is 0 Å². The molecule has 2 N–H and O–H groups in total. The predicted octanol–water partition coefficient (Wildman–Crippen LogP) is 2.68. The van der Waals surface area contributed by atoms with Crippen LogP contribution in [0.5, 0.6) is 0 Å². The topological polar surface area (TPSA) is 108 Å². The van der Waals surface area contributed by atoms with Gasteiger partial charge in [-0.15, -0.1) is 0 Å². The summed E-state index contributed by atoms with van der Waals surface area (Å²) in [6, 6.07) is 1.03. The van der Waals surface area contributed by atoms with Crippen LogP contribution in [0, 0.1) is 0 Å². The summed E-state index contributed by atoms with van der Waals surface area (Å²) in [5.74, 6) is 0.243. The molecule has 0 aromatic carbocycles. The highest BCUT2D eigenvalue weighted by atomic mass is 79.9. The molecular formula is C14H19BrN4O4S. The molecule has 1 aliphatic rings. The van der Waals surface area contributed by atoms with Gasteiger partial charge in [-0.25, -0.2) is 27.3 Å². The van der Waals surface area contributed by atoms with Gasteiger partial charge in [-0.1, -0.05) is 19.3 Å². The lowest BCUT2D eigenvalue weighted by molar-refractivity contribution is 0.199. The van der Waals surface area contributed by atoms with Crippen molar-refractivity contribution in [1.29, 1.82) is 0 Å². The van der Waals surface area contributed by atoms with Crippen LogP contribution in [0.1, 0.15) is 32.1 Å². The minimum atomic E-state index is -3.77. The number of anilines is 1. The average Bonchev–Trinajstić information content (AvgIpc) is 2.49. The number of nitrogens with one attached hydrogen (secondary N) is 2. The molecule has 0 aliphatic heterocycles. The zero-order valence-electron chi connectivity index (χ0n) is 13.2. The average molecular weight is 419 g/mol. The van der Waals surface area contributed by atoms with E-state index in [0.717, 1.165) is 34.3 Å². The Balaban J connectivity index is 2.03. The molecule has 1 saturated carbocycles. The number of nitrogens with zero attached hydrogens (tertiary/aromatic N) is 2. The first kappa shape index (κ1) is 18.7. The molecule has 0 spiro atoms. The van der Waals surface area contributed by atoms with E-state index in [0.29, 0.717) is 12.8 Å². The van der Waals surface area contributed by atoms with E-state index < -0.39 is 28.1 Å². The van der Waals surface area contributed by atoms with Crippen molar-refractivity contribution >= 4 is 43.8 Å². The van der Waals surface area contributed by atoms with E-state index in [2.05, 4.69) is 31.5 Å². The largest absolute Gasteiger partial charge is 0.339 e. The van der Waals surface area contributed by atoms with Crippen molar-refractivity contribution in [2.75, 3.05) is 11.6 Å². The number of imide groups is 1. The van der Waals surface area contributed by atoms with Gasteiger partial charge in [0.1, 0.15) is 5.82 Å². The summed E-state index contributed by atoms with van der Waals surface area (Å²) in [7, 11) is -3.77. The molecule has 1 aromatic rings. The fraction of sp³-hybridized carbons (Fsp3) is 0.500. The molecule has 4 amide bonds. The number of amides is 4. The van der Waals surface area contributed by atoms with Gasteiger partial charge < -0.3 is 0 Å². The van der Waals surface area contributed by atoms with Gasteiger partial charge in [-0.3, -0.25) is 10.6 Å². The third kappa shape index (κ3) is 5.17. The maximum absolute atomic E-state index is 12.3. The van der Waals surface area contributed by atoms with Crippen LogP contribution in [0.4, 0.5) is 15.4 Å². The first-order valence-electron chi connectivity index (χ1n) is 7.50. The fourth-order valence-corrected chi connectivity index (χ4v) is 3.99. The first-order valence-corrected chi connectivity index (χ1v) is 10.1. The summed E-state index contributed by atoms with van der Waals surface area (Å²) < 4.78 is 25.4. The van der Waals surface area contributed by atoms with Gasteiger partial charge in [0, 0.05) is 16.7 Å². The van der Waals surface area contributed by atoms with E-state index in [9.17, 15) is 18.0 Å². The summed E-state index contributed by atoms with van der Waals surface area (Å²) in [6.07, 6.45) is 6.41. The molecule has 1 heterocycles. The number of pyridine rings is 1. The quantitative estimate of drug-likeness (QED) is 0.783. The number of rotatable bonds is 3. The van der Waals surface area contributed by atoms with Crippen LogP contribution in [-0.2, 0) is 10.0 Å². The van der Waals surface area contributed by atoms with Gasteiger partial charge in [0.15, 0.2) is 0 Å². The van der Waals surface area contributed by atoms with Crippen LogP contribution in [0.3, 0.4) is 0 Å². The van der Waals surface area contributed by atoms with Gasteiger partial charge in [0.2, 0.25) is 10.0 Å². The molecular weight excluding hydrogens is 400 g/mol. The van der Waals surface area contributed by atoms with Gasteiger partial charge in [0.05, 0.1) is 6.26 Å². The van der Waals surface area contributed by atoms with E-state index in [1.807, 2.05) is 0 Å². The van der Waals surface area contributed by atoms with Gasteiger partial charge in [0.25, 0.3) is 0 Å². The molecule has 10 heteroatoms. The van der Waals surface area contributed by atoms with Gasteiger partial charge in [-0.2, -0.15) is 0 Å². The fourth-order valence-electron chi connectivity index (χ4n) is 2.65. The number of carbonyl (C=O) groups excluding carboxylic acids is 2.